The van der Waals surface area contributed by atoms with E-state index < -0.39 is 34.1 Å². The summed E-state index contributed by atoms with van der Waals surface area (Å²) in [6.45, 7) is 2.58. The van der Waals surface area contributed by atoms with Crippen LogP contribution in [0.15, 0.2) is 66.9 Å². The van der Waals surface area contributed by atoms with Crippen LogP contribution in [0.2, 0.25) is 0 Å². The van der Waals surface area contributed by atoms with Gasteiger partial charge in [-0.3, -0.25) is 10.1 Å². The lowest BCUT2D eigenvalue weighted by Gasteiger charge is -2.36. The van der Waals surface area contributed by atoms with Gasteiger partial charge >= 0.3 is 12.4 Å². The van der Waals surface area contributed by atoms with Gasteiger partial charge in [0.1, 0.15) is 22.9 Å². The summed E-state index contributed by atoms with van der Waals surface area (Å²) in [5.41, 5.74) is -2.29. The third kappa shape index (κ3) is 7.44. The summed E-state index contributed by atoms with van der Waals surface area (Å²) in [6.07, 6.45) is -5.03. The van der Waals surface area contributed by atoms with E-state index in [1.54, 1.807) is 24.4 Å². The molecule has 0 atom stereocenters. The van der Waals surface area contributed by atoms with Crippen molar-refractivity contribution in [1.29, 1.82) is 0 Å². The molecule has 0 spiro atoms. The van der Waals surface area contributed by atoms with Gasteiger partial charge in [-0.15, -0.1) is 0 Å². The molecule has 6 rings (SSSR count). The Morgan fingerprint density at radius 3 is 2.17 bits per heavy atom. The minimum atomic E-state index is -4.84. The molecule has 0 unspecified atom stereocenters. The van der Waals surface area contributed by atoms with E-state index in [1.807, 2.05) is 6.07 Å². The van der Waals surface area contributed by atoms with Crippen molar-refractivity contribution in [3.63, 3.8) is 0 Å². The van der Waals surface area contributed by atoms with E-state index in [-0.39, 0.29) is 17.8 Å². The first-order valence-corrected chi connectivity index (χ1v) is 15.1. The van der Waals surface area contributed by atoms with Crippen LogP contribution in [0.5, 0.6) is 5.75 Å². The van der Waals surface area contributed by atoms with Crippen molar-refractivity contribution in [3.8, 4) is 5.75 Å². The molecule has 2 fully saturated rings. The molecule has 4 aromatic rings. The lowest BCUT2D eigenvalue weighted by molar-refractivity contribution is -0.388. The molecule has 15 heteroatoms. The topological polar surface area (TPSA) is 96.7 Å². The second-order valence-corrected chi connectivity index (χ2v) is 11.6. The summed E-state index contributed by atoms with van der Waals surface area (Å²) in [5, 5.41) is 14.5. The first-order valence-electron chi connectivity index (χ1n) is 15.1. The number of benzene rings is 2. The number of nitro groups is 1. The second-order valence-electron chi connectivity index (χ2n) is 11.6. The van der Waals surface area contributed by atoms with Gasteiger partial charge in [0.05, 0.1) is 22.1 Å². The molecule has 2 aromatic carbocycles. The Hall–Kier alpha value is -4.82. The zero-order valence-electron chi connectivity index (χ0n) is 24.9. The number of halogens is 6. The Bertz CT molecular complexity index is 1750. The quantitative estimate of drug-likeness (QED) is 0.122. The Balaban J connectivity index is 1.01. The minimum Gasteiger partial charge on any atom is -0.490 e. The summed E-state index contributed by atoms with van der Waals surface area (Å²) >= 11 is 0. The number of ether oxygens (including phenoxy) is 1. The van der Waals surface area contributed by atoms with E-state index in [4.69, 9.17) is 4.74 Å². The summed E-state index contributed by atoms with van der Waals surface area (Å²) in [4.78, 5) is 23.3. The molecule has 9 nitrogen and oxygen atoms in total. The maximum atomic E-state index is 13.4. The van der Waals surface area contributed by atoms with E-state index in [0.29, 0.717) is 74.3 Å². The van der Waals surface area contributed by atoms with Gasteiger partial charge in [0, 0.05) is 61.6 Å². The summed E-state index contributed by atoms with van der Waals surface area (Å²) in [5.74, 6) is 2.11. The Labute approximate surface area is 265 Å². The average Bonchev–Trinajstić information content (AvgIpc) is 3.04. The zero-order chi connectivity index (χ0) is 33.3. The van der Waals surface area contributed by atoms with Crippen LogP contribution in [0.1, 0.15) is 36.8 Å². The number of nitro benzene ring substituents is 1. The highest BCUT2D eigenvalue weighted by Gasteiger charge is 2.38. The predicted molar refractivity (Wildman–Crippen MR) is 164 cm³/mol. The highest BCUT2D eigenvalue weighted by atomic mass is 19.4. The van der Waals surface area contributed by atoms with Crippen LogP contribution in [0.25, 0.3) is 10.9 Å². The predicted octanol–water partition coefficient (Wildman–Crippen LogP) is 7.70. The normalized spacial score (nSPS) is 19.1. The van der Waals surface area contributed by atoms with Gasteiger partial charge in [0.25, 0.3) is 5.69 Å². The molecule has 47 heavy (non-hydrogen) atoms. The lowest BCUT2D eigenvalue weighted by atomic mass is 9.92. The van der Waals surface area contributed by atoms with Gasteiger partial charge in [-0.2, -0.15) is 26.3 Å². The van der Waals surface area contributed by atoms with Crippen LogP contribution in [0, 0.1) is 10.1 Å². The number of piperazine rings is 1. The number of fused-ring (bicyclic) bond motifs is 1. The standard InChI is InChI=1S/C32H30F6N6O3/c33-31(34,35)21-2-8-27-20(17-21)1-10-29(41-27)42-13-15-43(16-14-42)30-19-25(11-12-39-30)47-24-6-3-22(4-7-24)40-23-5-9-28(44(45)46)26(18-23)32(36,37)38/h1-2,5,8-12,17-19,22,24,40H,3-4,6-7,13-16H2. The maximum Gasteiger partial charge on any atom is 0.423 e. The number of hydrogen-bond acceptors (Lipinski definition) is 8. The number of aromatic nitrogens is 2. The van der Waals surface area contributed by atoms with E-state index in [9.17, 15) is 36.5 Å². The number of nitrogens with zero attached hydrogens (tertiary/aromatic N) is 5. The van der Waals surface area contributed by atoms with Gasteiger partial charge in [-0.1, -0.05) is 0 Å². The van der Waals surface area contributed by atoms with E-state index in [2.05, 4.69) is 25.1 Å². The van der Waals surface area contributed by atoms with Crippen LogP contribution < -0.4 is 19.9 Å². The third-order valence-electron chi connectivity index (χ3n) is 8.49. The monoisotopic (exact) mass is 660 g/mol. The Morgan fingerprint density at radius 2 is 1.51 bits per heavy atom. The fourth-order valence-electron chi connectivity index (χ4n) is 6.04. The zero-order valence-corrected chi connectivity index (χ0v) is 24.9. The molecule has 0 radical (unpaired) electrons. The summed E-state index contributed by atoms with van der Waals surface area (Å²) in [7, 11) is 0. The first-order chi connectivity index (χ1) is 22.3. The van der Waals surface area contributed by atoms with Crippen molar-refractivity contribution in [2.45, 2.75) is 50.2 Å². The van der Waals surface area contributed by atoms with Crippen molar-refractivity contribution in [2.24, 2.45) is 0 Å². The highest BCUT2D eigenvalue weighted by Crippen LogP contribution is 2.38. The van der Waals surface area contributed by atoms with Crippen molar-refractivity contribution >= 4 is 33.9 Å². The van der Waals surface area contributed by atoms with Gasteiger partial charge in [-0.05, 0) is 74.2 Å². The molecular weight excluding hydrogens is 630 g/mol. The van der Waals surface area contributed by atoms with Gasteiger partial charge in [0.2, 0.25) is 0 Å². The number of anilines is 3. The van der Waals surface area contributed by atoms with E-state index in [1.165, 1.54) is 12.1 Å². The molecule has 1 saturated carbocycles. The van der Waals surface area contributed by atoms with Gasteiger partial charge in [-0.25, -0.2) is 9.97 Å². The molecular formula is C32H30F6N6O3. The summed E-state index contributed by atoms with van der Waals surface area (Å²) in [6, 6.07) is 13.4. The number of nitrogens with one attached hydrogen (secondary N) is 1. The molecule has 1 saturated heterocycles. The molecule has 2 aromatic heterocycles. The van der Waals surface area contributed by atoms with E-state index >= 15 is 0 Å². The number of pyridine rings is 2. The number of rotatable bonds is 7. The van der Waals surface area contributed by atoms with Gasteiger partial charge in [0.15, 0.2) is 0 Å². The molecule has 1 aliphatic carbocycles. The maximum absolute atomic E-state index is 13.4. The third-order valence-corrected chi connectivity index (χ3v) is 8.49. The van der Waals surface area contributed by atoms with Crippen LogP contribution in [0.4, 0.5) is 49.4 Å². The highest BCUT2D eigenvalue weighted by molar-refractivity contribution is 5.81. The molecule has 2 aliphatic rings. The fourth-order valence-corrected chi connectivity index (χ4v) is 6.04. The minimum absolute atomic E-state index is 0.0890. The molecule has 248 valence electrons. The largest absolute Gasteiger partial charge is 0.490 e. The summed E-state index contributed by atoms with van der Waals surface area (Å²) < 4.78 is 85.5. The lowest BCUT2D eigenvalue weighted by Crippen LogP contribution is -2.47. The SMILES string of the molecule is O=[N+]([O-])c1ccc(NC2CCC(Oc3ccnc(N4CCN(c5ccc6cc(C(F)(F)F)ccc6n5)CC4)c3)CC2)cc1C(F)(F)F. The van der Waals surface area contributed by atoms with Crippen molar-refractivity contribution in [2.75, 3.05) is 41.3 Å². The second kappa shape index (κ2) is 12.8. The van der Waals surface area contributed by atoms with Crippen molar-refractivity contribution in [3.05, 3.63) is 88.1 Å². The molecule has 3 heterocycles. The average molecular weight is 661 g/mol. The Kier molecular flexibility index (Phi) is 8.72. The number of hydrogen-bond donors (Lipinski definition) is 1. The molecule has 0 bridgehead atoms. The van der Waals surface area contributed by atoms with E-state index in [0.717, 1.165) is 30.1 Å². The number of alkyl halides is 6. The van der Waals surface area contributed by atoms with Crippen molar-refractivity contribution < 1.29 is 36.0 Å². The van der Waals surface area contributed by atoms with Crippen LogP contribution in [-0.4, -0.2) is 53.2 Å². The molecule has 1 aliphatic heterocycles. The fraction of sp³-hybridized carbons (Fsp3) is 0.375. The van der Waals surface area contributed by atoms with Crippen LogP contribution in [0.3, 0.4) is 0 Å². The molecule has 1 N–H and O–H groups in total. The first kappa shape index (κ1) is 32.1. The Morgan fingerprint density at radius 1 is 0.809 bits per heavy atom. The molecule has 0 amide bonds. The van der Waals surface area contributed by atoms with Crippen LogP contribution in [-0.2, 0) is 12.4 Å². The van der Waals surface area contributed by atoms with Crippen molar-refractivity contribution in [1.82, 2.24) is 9.97 Å². The van der Waals surface area contributed by atoms with Gasteiger partial charge < -0.3 is 19.9 Å². The smallest absolute Gasteiger partial charge is 0.423 e. The van der Waals surface area contributed by atoms with Crippen LogP contribution >= 0.6 is 0 Å².